The molecule has 0 radical (unpaired) electrons. The number of rotatable bonds is 3. The van der Waals surface area contributed by atoms with E-state index in [1.54, 1.807) is 0 Å². The molecule has 0 bridgehead atoms. The minimum atomic E-state index is 0. The first-order valence-electron chi connectivity index (χ1n) is 6.58. The summed E-state index contributed by atoms with van der Waals surface area (Å²) in [5.41, 5.74) is 1.43. The molecule has 0 aromatic heterocycles. The van der Waals surface area contributed by atoms with Crippen molar-refractivity contribution >= 4 is 23.2 Å². The van der Waals surface area contributed by atoms with Gasteiger partial charge in [-0.15, -0.1) is 12.4 Å². The molecule has 0 amide bonds. The van der Waals surface area contributed by atoms with Crippen LogP contribution >= 0.6 is 12.4 Å². The molecule has 1 saturated carbocycles. The molecule has 96 valence electrons. The van der Waals surface area contributed by atoms with Gasteiger partial charge in [0.2, 0.25) is 0 Å². The lowest BCUT2D eigenvalue weighted by Crippen LogP contribution is -2.36. The highest BCUT2D eigenvalue weighted by atomic mass is 35.5. The summed E-state index contributed by atoms with van der Waals surface area (Å²) in [6.07, 6.45) is 4.07. The van der Waals surface area contributed by atoms with E-state index in [2.05, 4.69) is 54.7 Å². The van der Waals surface area contributed by atoms with Crippen LogP contribution in [0, 0.1) is 0 Å². The van der Waals surface area contributed by atoms with Crippen LogP contribution in [0.3, 0.4) is 0 Å². The third-order valence-electron chi connectivity index (χ3n) is 3.88. The number of benzene rings is 2. The molecule has 2 aromatic carbocycles. The monoisotopic (exact) mass is 261 g/mol. The van der Waals surface area contributed by atoms with E-state index in [1.807, 2.05) is 0 Å². The molecule has 0 aliphatic heterocycles. The molecule has 18 heavy (non-hydrogen) atoms. The van der Waals surface area contributed by atoms with Crippen LogP contribution in [0.5, 0.6) is 0 Å². The molecule has 0 heterocycles. The molecule has 2 heteroatoms. The first-order valence-corrected chi connectivity index (χ1v) is 6.58. The van der Waals surface area contributed by atoms with Gasteiger partial charge in [0.15, 0.2) is 0 Å². The Balaban J connectivity index is 0.00000120. The molecule has 1 aliphatic rings. The number of halogens is 1. The van der Waals surface area contributed by atoms with Crippen LogP contribution in [-0.2, 0) is 0 Å². The molecular formula is C16H20ClN. The normalized spacial score (nSPS) is 16.9. The van der Waals surface area contributed by atoms with Crippen molar-refractivity contribution in [2.45, 2.75) is 38.3 Å². The number of hydrogen-bond donors (Lipinski definition) is 1. The summed E-state index contributed by atoms with van der Waals surface area (Å²) in [4.78, 5) is 0. The van der Waals surface area contributed by atoms with Gasteiger partial charge in [0.25, 0.3) is 0 Å². The Morgan fingerprint density at radius 3 is 2.50 bits per heavy atom. The van der Waals surface area contributed by atoms with Crippen molar-refractivity contribution < 1.29 is 0 Å². The molecule has 1 atom stereocenters. The van der Waals surface area contributed by atoms with E-state index in [1.165, 1.54) is 35.6 Å². The molecule has 0 saturated heterocycles. The second kappa shape index (κ2) is 5.73. The Morgan fingerprint density at radius 2 is 1.78 bits per heavy atom. The molecule has 1 N–H and O–H groups in total. The Labute approximate surface area is 115 Å². The van der Waals surface area contributed by atoms with Crippen LogP contribution < -0.4 is 5.32 Å². The molecule has 1 aliphatic carbocycles. The molecular weight excluding hydrogens is 242 g/mol. The van der Waals surface area contributed by atoms with E-state index >= 15 is 0 Å². The average molecular weight is 262 g/mol. The summed E-state index contributed by atoms with van der Waals surface area (Å²) >= 11 is 0. The zero-order chi connectivity index (χ0) is 11.7. The van der Waals surface area contributed by atoms with Gasteiger partial charge in [-0.1, -0.05) is 48.9 Å². The van der Waals surface area contributed by atoms with Crippen LogP contribution in [0.25, 0.3) is 10.8 Å². The van der Waals surface area contributed by atoms with E-state index in [9.17, 15) is 0 Å². The maximum atomic E-state index is 3.72. The van der Waals surface area contributed by atoms with Gasteiger partial charge in [0.05, 0.1) is 0 Å². The Bertz CT molecular complexity index is 514. The fraction of sp³-hybridized carbons (Fsp3) is 0.375. The molecule has 3 rings (SSSR count). The maximum absolute atomic E-state index is 3.72. The SMILES string of the molecule is C[C@@H](NC1CCC1)c1cccc2ccccc12.Cl. The Morgan fingerprint density at radius 1 is 1.06 bits per heavy atom. The summed E-state index contributed by atoms with van der Waals surface area (Å²) in [7, 11) is 0. The lowest BCUT2D eigenvalue weighted by Gasteiger charge is -2.30. The Kier molecular flexibility index (Phi) is 4.26. The fourth-order valence-corrected chi connectivity index (χ4v) is 2.65. The quantitative estimate of drug-likeness (QED) is 0.860. The second-order valence-corrected chi connectivity index (χ2v) is 5.08. The predicted molar refractivity (Wildman–Crippen MR) is 80.4 cm³/mol. The van der Waals surface area contributed by atoms with Gasteiger partial charge in [-0.05, 0) is 36.1 Å². The van der Waals surface area contributed by atoms with Gasteiger partial charge >= 0.3 is 0 Å². The largest absolute Gasteiger partial charge is 0.307 e. The standard InChI is InChI=1S/C16H19N.ClH/c1-12(17-14-8-5-9-14)15-11-4-7-13-6-2-3-10-16(13)15;/h2-4,6-7,10-12,14,17H,5,8-9H2,1H3;1H/t12-;/m1./s1. The molecule has 2 aromatic rings. The first-order chi connectivity index (χ1) is 8.34. The number of fused-ring (bicyclic) bond motifs is 1. The maximum Gasteiger partial charge on any atom is 0.0300 e. The van der Waals surface area contributed by atoms with E-state index in [0.717, 1.165) is 6.04 Å². The Hall–Kier alpha value is -1.05. The second-order valence-electron chi connectivity index (χ2n) is 5.08. The van der Waals surface area contributed by atoms with Crippen LogP contribution in [0.4, 0.5) is 0 Å². The molecule has 1 nitrogen and oxygen atoms in total. The zero-order valence-electron chi connectivity index (χ0n) is 10.7. The highest BCUT2D eigenvalue weighted by molar-refractivity contribution is 5.86. The summed E-state index contributed by atoms with van der Waals surface area (Å²) in [5, 5.41) is 6.45. The fourth-order valence-electron chi connectivity index (χ4n) is 2.65. The van der Waals surface area contributed by atoms with Crippen molar-refractivity contribution in [2.75, 3.05) is 0 Å². The third-order valence-corrected chi connectivity index (χ3v) is 3.88. The van der Waals surface area contributed by atoms with Gasteiger partial charge in [-0.2, -0.15) is 0 Å². The molecule has 0 spiro atoms. The van der Waals surface area contributed by atoms with Crippen molar-refractivity contribution in [3.05, 3.63) is 48.0 Å². The topological polar surface area (TPSA) is 12.0 Å². The van der Waals surface area contributed by atoms with Crippen LogP contribution in [0.1, 0.15) is 37.8 Å². The van der Waals surface area contributed by atoms with Gasteiger partial charge in [-0.3, -0.25) is 0 Å². The van der Waals surface area contributed by atoms with Crippen molar-refractivity contribution in [1.82, 2.24) is 5.32 Å². The number of hydrogen-bond acceptors (Lipinski definition) is 1. The van der Waals surface area contributed by atoms with Gasteiger partial charge in [0, 0.05) is 12.1 Å². The van der Waals surface area contributed by atoms with Crippen molar-refractivity contribution in [3.63, 3.8) is 0 Å². The van der Waals surface area contributed by atoms with Crippen LogP contribution in [0.2, 0.25) is 0 Å². The molecule has 0 unspecified atom stereocenters. The van der Waals surface area contributed by atoms with Gasteiger partial charge in [0.1, 0.15) is 0 Å². The third kappa shape index (κ3) is 2.52. The van der Waals surface area contributed by atoms with E-state index in [-0.39, 0.29) is 12.4 Å². The first kappa shape index (κ1) is 13.4. The van der Waals surface area contributed by atoms with Crippen LogP contribution in [0.15, 0.2) is 42.5 Å². The summed E-state index contributed by atoms with van der Waals surface area (Å²) in [5.74, 6) is 0. The summed E-state index contributed by atoms with van der Waals surface area (Å²) in [6.45, 7) is 2.28. The van der Waals surface area contributed by atoms with Gasteiger partial charge < -0.3 is 5.32 Å². The smallest absolute Gasteiger partial charge is 0.0300 e. The van der Waals surface area contributed by atoms with Crippen LogP contribution in [-0.4, -0.2) is 6.04 Å². The number of nitrogens with one attached hydrogen (secondary N) is 1. The van der Waals surface area contributed by atoms with E-state index in [0.29, 0.717) is 6.04 Å². The van der Waals surface area contributed by atoms with Crippen molar-refractivity contribution in [3.8, 4) is 0 Å². The summed E-state index contributed by atoms with van der Waals surface area (Å²) in [6, 6.07) is 16.4. The zero-order valence-corrected chi connectivity index (χ0v) is 11.5. The highest BCUT2D eigenvalue weighted by Crippen LogP contribution is 2.27. The average Bonchev–Trinajstić information content (AvgIpc) is 2.33. The van der Waals surface area contributed by atoms with E-state index in [4.69, 9.17) is 0 Å². The lowest BCUT2D eigenvalue weighted by molar-refractivity contribution is 0.314. The lowest BCUT2D eigenvalue weighted by atomic mass is 9.91. The van der Waals surface area contributed by atoms with E-state index < -0.39 is 0 Å². The highest BCUT2D eigenvalue weighted by Gasteiger charge is 2.20. The molecule has 1 fully saturated rings. The van der Waals surface area contributed by atoms with Gasteiger partial charge in [-0.25, -0.2) is 0 Å². The minimum Gasteiger partial charge on any atom is -0.307 e. The van der Waals surface area contributed by atoms with Crippen molar-refractivity contribution in [1.29, 1.82) is 0 Å². The summed E-state index contributed by atoms with van der Waals surface area (Å²) < 4.78 is 0. The predicted octanol–water partition coefficient (Wildman–Crippen LogP) is 4.46. The minimum absolute atomic E-state index is 0. The van der Waals surface area contributed by atoms with Crippen molar-refractivity contribution in [2.24, 2.45) is 0 Å².